The van der Waals surface area contributed by atoms with E-state index in [2.05, 4.69) is 11.6 Å². The molecule has 4 nitrogen and oxygen atoms in total. The number of H-pyrrole nitrogens is 1. The summed E-state index contributed by atoms with van der Waals surface area (Å²) in [5.74, 6) is -3.06. The molecule has 0 fully saturated rings. The highest BCUT2D eigenvalue weighted by molar-refractivity contribution is 5.91. The van der Waals surface area contributed by atoms with E-state index < -0.39 is 23.2 Å². The van der Waals surface area contributed by atoms with Crippen molar-refractivity contribution < 1.29 is 23.4 Å². The molecule has 0 aliphatic heterocycles. The van der Waals surface area contributed by atoms with E-state index in [1.54, 1.807) is 12.3 Å². The average molecular weight is 315 g/mol. The molecule has 0 aliphatic carbocycles. The molecule has 2 aromatic carbocycles. The minimum Gasteiger partial charge on any atom is -0.478 e. The van der Waals surface area contributed by atoms with Gasteiger partial charge in [-0.05, 0) is 24.3 Å². The Labute approximate surface area is 129 Å². The highest BCUT2D eigenvalue weighted by Gasteiger charge is 2.17. The van der Waals surface area contributed by atoms with Gasteiger partial charge in [-0.3, -0.25) is 0 Å². The number of aromatic nitrogens is 1. The van der Waals surface area contributed by atoms with Gasteiger partial charge < -0.3 is 14.8 Å². The SMILES string of the molecule is C=Cc1c(Oc2ccc(F)c(C(=O)O)c2)c(F)cc2[nH]ccc12. The maximum Gasteiger partial charge on any atom is 0.338 e. The maximum atomic E-state index is 14.3. The minimum absolute atomic E-state index is 0.0145. The van der Waals surface area contributed by atoms with Gasteiger partial charge >= 0.3 is 5.97 Å². The van der Waals surface area contributed by atoms with Crippen LogP contribution in [-0.4, -0.2) is 16.1 Å². The number of hydrogen-bond acceptors (Lipinski definition) is 2. The van der Waals surface area contributed by atoms with E-state index in [9.17, 15) is 13.6 Å². The van der Waals surface area contributed by atoms with E-state index in [-0.39, 0.29) is 11.5 Å². The van der Waals surface area contributed by atoms with Crippen LogP contribution in [0.4, 0.5) is 8.78 Å². The standard InChI is InChI=1S/C17H11F2NO3/c1-2-10-11-5-6-20-15(11)8-14(19)16(10)23-9-3-4-13(18)12(7-9)17(21)22/h2-8,20H,1H2,(H,21,22). The number of ether oxygens (including phenoxy) is 1. The highest BCUT2D eigenvalue weighted by Crippen LogP contribution is 2.35. The molecular weight excluding hydrogens is 304 g/mol. The number of carboxylic acid groups (broad SMARTS) is 1. The van der Waals surface area contributed by atoms with E-state index in [0.717, 1.165) is 12.1 Å². The highest BCUT2D eigenvalue weighted by atomic mass is 19.1. The average Bonchev–Trinajstić information content (AvgIpc) is 2.97. The van der Waals surface area contributed by atoms with Gasteiger partial charge in [0.2, 0.25) is 0 Å². The lowest BCUT2D eigenvalue weighted by Crippen LogP contribution is -2.01. The van der Waals surface area contributed by atoms with Gasteiger partial charge in [-0.2, -0.15) is 0 Å². The zero-order valence-corrected chi connectivity index (χ0v) is 11.8. The number of carboxylic acids is 1. The first-order valence-corrected chi connectivity index (χ1v) is 6.64. The predicted octanol–water partition coefficient (Wildman–Crippen LogP) is 4.58. The maximum absolute atomic E-state index is 14.3. The first-order chi connectivity index (χ1) is 11.0. The van der Waals surface area contributed by atoms with Gasteiger partial charge in [0.15, 0.2) is 11.6 Å². The molecule has 0 saturated heterocycles. The third-order valence-corrected chi connectivity index (χ3v) is 3.39. The van der Waals surface area contributed by atoms with Crippen LogP contribution in [0.3, 0.4) is 0 Å². The molecule has 2 N–H and O–H groups in total. The number of hydrogen-bond donors (Lipinski definition) is 2. The fourth-order valence-electron chi connectivity index (χ4n) is 2.34. The second-order valence-corrected chi connectivity index (χ2v) is 4.79. The van der Waals surface area contributed by atoms with Gasteiger partial charge in [-0.25, -0.2) is 13.6 Å². The molecule has 23 heavy (non-hydrogen) atoms. The van der Waals surface area contributed by atoms with Crippen LogP contribution < -0.4 is 4.74 Å². The summed E-state index contributed by atoms with van der Waals surface area (Å²) >= 11 is 0. The normalized spacial score (nSPS) is 10.7. The summed E-state index contributed by atoms with van der Waals surface area (Å²) in [6, 6.07) is 6.20. The molecule has 0 saturated carbocycles. The van der Waals surface area contributed by atoms with E-state index in [1.165, 1.54) is 18.2 Å². The Morgan fingerprint density at radius 1 is 1.22 bits per heavy atom. The summed E-state index contributed by atoms with van der Waals surface area (Å²) in [6.45, 7) is 3.65. The third kappa shape index (κ3) is 2.55. The van der Waals surface area contributed by atoms with Crippen LogP contribution in [0.25, 0.3) is 17.0 Å². The minimum atomic E-state index is -1.43. The molecule has 116 valence electrons. The first kappa shape index (κ1) is 14.8. The molecule has 0 unspecified atom stereocenters. The van der Waals surface area contributed by atoms with Crippen molar-refractivity contribution in [3.8, 4) is 11.5 Å². The number of benzene rings is 2. The lowest BCUT2D eigenvalue weighted by Gasteiger charge is -2.12. The van der Waals surface area contributed by atoms with Crippen LogP contribution in [0.15, 0.2) is 43.1 Å². The van der Waals surface area contributed by atoms with Crippen molar-refractivity contribution in [3.05, 3.63) is 65.9 Å². The van der Waals surface area contributed by atoms with E-state index in [0.29, 0.717) is 16.5 Å². The van der Waals surface area contributed by atoms with Crippen LogP contribution in [0.1, 0.15) is 15.9 Å². The molecule has 0 bridgehead atoms. The predicted molar refractivity (Wildman–Crippen MR) is 81.8 cm³/mol. The van der Waals surface area contributed by atoms with Crippen LogP contribution in [0.2, 0.25) is 0 Å². The molecule has 6 heteroatoms. The van der Waals surface area contributed by atoms with Crippen molar-refractivity contribution in [1.29, 1.82) is 0 Å². The van der Waals surface area contributed by atoms with Gasteiger partial charge in [0.05, 0.1) is 5.56 Å². The summed E-state index contributed by atoms with van der Waals surface area (Å²) in [5, 5.41) is 9.64. The van der Waals surface area contributed by atoms with Crippen molar-refractivity contribution in [2.75, 3.05) is 0 Å². The summed E-state index contributed by atoms with van der Waals surface area (Å²) < 4.78 is 33.2. The van der Waals surface area contributed by atoms with E-state index in [4.69, 9.17) is 9.84 Å². The van der Waals surface area contributed by atoms with E-state index >= 15 is 0 Å². The monoisotopic (exact) mass is 315 g/mol. The smallest absolute Gasteiger partial charge is 0.338 e. The summed E-state index contributed by atoms with van der Waals surface area (Å²) in [4.78, 5) is 13.9. The molecule has 0 amide bonds. The third-order valence-electron chi connectivity index (χ3n) is 3.39. The molecule has 3 aromatic rings. The first-order valence-electron chi connectivity index (χ1n) is 6.64. The topological polar surface area (TPSA) is 62.3 Å². The molecule has 0 atom stereocenters. The van der Waals surface area contributed by atoms with Crippen LogP contribution >= 0.6 is 0 Å². The number of nitrogens with one attached hydrogen (secondary N) is 1. The fraction of sp³-hybridized carbons (Fsp3) is 0. The molecule has 3 rings (SSSR count). The lowest BCUT2D eigenvalue weighted by atomic mass is 10.1. The van der Waals surface area contributed by atoms with Crippen molar-refractivity contribution in [2.24, 2.45) is 0 Å². The Balaban J connectivity index is 2.11. The van der Waals surface area contributed by atoms with Gasteiger partial charge in [0, 0.05) is 28.7 Å². The second-order valence-electron chi connectivity index (χ2n) is 4.79. The number of carbonyl (C=O) groups is 1. The molecule has 1 heterocycles. The van der Waals surface area contributed by atoms with Crippen molar-refractivity contribution >= 4 is 22.9 Å². The van der Waals surface area contributed by atoms with Crippen molar-refractivity contribution in [2.45, 2.75) is 0 Å². The Kier molecular flexibility index (Phi) is 3.57. The number of halogens is 2. The summed E-state index contributed by atoms with van der Waals surface area (Å²) in [7, 11) is 0. The Hall–Kier alpha value is -3.15. The zero-order chi connectivity index (χ0) is 16.6. The molecule has 0 aliphatic rings. The molecule has 1 aromatic heterocycles. The number of aromatic carboxylic acids is 1. The Bertz CT molecular complexity index is 931. The van der Waals surface area contributed by atoms with Gasteiger partial charge in [0.25, 0.3) is 0 Å². The van der Waals surface area contributed by atoms with Crippen LogP contribution in [-0.2, 0) is 0 Å². The number of rotatable bonds is 4. The number of fused-ring (bicyclic) bond motifs is 1. The van der Waals surface area contributed by atoms with Crippen molar-refractivity contribution in [3.63, 3.8) is 0 Å². The Morgan fingerprint density at radius 3 is 2.70 bits per heavy atom. The summed E-state index contributed by atoms with van der Waals surface area (Å²) in [6.07, 6.45) is 3.09. The second kappa shape index (κ2) is 5.57. The zero-order valence-electron chi connectivity index (χ0n) is 11.8. The van der Waals surface area contributed by atoms with Crippen LogP contribution in [0.5, 0.6) is 11.5 Å². The van der Waals surface area contributed by atoms with Crippen LogP contribution in [0, 0.1) is 11.6 Å². The molecular formula is C17H11F2NO3. The number of aromatic amines is 1. The van der Waals surface area contributed by atoms with Gasteiger partial charge in [0.1, 0.15) is 11.6 Å². The molecule has 0 radical (unpaired) electrons. The van der Waals surface area contributed by atoms with Crippen molar-refractivity contribution in [1.82, 2.24) is 4.98 Å². The Morgan fingerprint density at radius 2 is 2.00 bits per heavy atom. The summed E-state index contributed by atoms with van der Waals surface area (Å²) in [5.41, 5.74) is 0.448. The largest absolute Gasteiger partial charge is 0.478 e. The molecule has 0 spiro atoms. The lowest BCUT2D eigenvalue weighted by molar-refractivity contribution is 0.0691. The fourth-order valence-corrected chi connectivity index (χ4v) is 2.34. The quantitative estimate of drug-likeness (QED) is 0.741. The van der Waals surface area contributed by atoms with Gasteiger partial charge in [-0.15, -0.1) is 0 Å². The van der Waals surface area contributed by atoms with Gasteiger partial charge in [-0.1, -0.05) is 12.7 Å². The van der Waals surface area contributed by atoms with E-state index in [1.807, 2.05) is 0 Å².